The van der Waals surface area contributed by atoms with Gasteiger partial charge in [0.05, 0.1) is 11.8 Å². The quantitative estimate of drug-likeness (QED) is 0.747. The van der Waals surface area contributed by atoms with Crippen LogP contribution in [0.4, 0.5) is 5.69 Å². The van der Waals surface area contributed by atoms with Crippen LogP contribution in [0.5, 0.6) is 0 Å². The molecular formula is C16H19N3O2. The van der Waals surface area contributed by atoms with Gasteiger partial charge in [0.2, 0.25) is 0 Å². The van der Waals surface area contributed by atoms with E-state index >= 15 is 0 Å². The zero-order chi connectivity index (χ0) is 14.6. The van der Waals surface area contributed by atoms with Crippen molar-refractivity contribution in [2.24, 2.45) is 17.8 Å². The Morgan fingerprint density at radius 3 is 3.00 bits per heavy atom. The van der Waals surface area contributed by atoms with Gasteiger partial charge in [-0.3, -0.25) is 4.79 Å². The number of nitrogen functional groups attached to an aromatic ring is 1. The number of carbonyl (C=O) groups is 1. The number of aryl methyl sites for hydroxylation is 1. The van der Waals surface area contributed by atoms with Crippen LogP contribution in [0.25, 0.3) is 11.0 Å². The van der Waals surface area contributed by atoms with Crippen molar-refractivity contribution in [3.8, 4) is 0 Å². The van der Waals surface area contributed by atoms with Gasteiger partial charge in [0.1, 0.15) is 5.58 Å². The highest BCUT2D eigenvalue weighted by Gasteiger charge is 2.52. The third-order valence-corrected chi connectivity index (χ3v) is 5.00. The minimum absolute atomic E-state index is 0.0732. The number of piperidine rings is 1. The Kier molecular flexibility index (Phi) is 2.72. The van der Waals surface area contributed by atoms with E-state index in [4.69, 9.17) is 10.2 Å². The molecule has 1 aromatic carbocycles. The molecule has 1 saturated heterocycles. The number of nitrogens with two attached hydrogens (primary N) is 1. The molecule has 1 amide bonds. The molecule has 0 bridgehead atoms. The SMILES string of the molecule is Cc1cc(C(=O)NCC2C3CNCC32)c2occc2c1N. The molecule has 5 heteroatoms. The Morgan fingerprint density at radius 2 is 2.24 bits per heavy atom. The fourth-order valence-electron chi connectivity index (χ4n) is 3.63. The minimum Gasteiger partial charge on any atom is -0.463 e. The molecule has 2 atom stereocenters. The lowest BCUT2D eigenvalue weighted by Crippen LogP contribution is -2.29. The Bertz CT molecular complexity index is 712. The average Bonchev–Trinajstić information content (AvgIpc) is 2.92. The van der Waals surface area contributed by atoms with Crippen LogP contribution in [-0.2, 0) is 0 Å². The zero-order valence-electron chi connectivity index (χ0n) is 12.0. The second kappa shape index (κ2) is 4.49. The smallest absolute Gasteiger partial charge is 0.255 e. The summed E-state index contributed by atoms with van der Waals surface area (Å²) in [5, 5.41) is 7.23. The predicted octanol–water partition coefficient (Wildman–Crippen LogP) is 1.52. The maximum atomic E-state index is 12.4. The van der Waals surface area contributed by atoms with Crippen LogP contribution in [-0.4, -0.2) is 25.5 Å². The van der Waals surface area contributed by atoms with Crippen molar-refractivity contribution in [2.75, 3.05) is 25.4 Å². The van der Waals surface area contributed by atoms with Crippen molar-refractivity contribution < 1.29 is 9.21 Å². The number of fused-ring (bicyclic) bond motifs is 2. The van der Waals surface area contributed by atoms with Gasteiger partial charge in [0.15, 0.2) is 0 Å². The van der Waals surface area contributed by atoms with E-state index < -0.39 is 0 Å². The van der Waals surface area contributed by atoms with Crippen LogP contribution in [0, 0.1) is 24.7 Å². The summed E-state index contributed by atoms with van der Waals surface area (Å²) >= 11 is 0. The number of benzene rings is 1. The molecule has 2 fully saturated rings. The Balaban J connectivity index is 1.54. The van der Waals surface area contributed by atoms with Crippen LogP contribution in [0.1, 0.15) is 15.9 Å². The van der Waals surface area contributed by atoms with Crippen LogP contribution in [0.15, 0.2) is 22.8 Å². The van der Waals surface area contributed by atoms with Crippen LogP contribution >= 0.6 is 0 Å². The van der Waals surface area contributed by atoms with Gasteiger partial charge in [-0.1, -0.05) is 0 Å². The van der Waals surface area contributed by atoms with Gasteiger partial charge >= 0.3 is 0 Å². The van der Waals surface area contributed by atoms with Crippen LogP contribution in [0.2, 0.25) is 0 Å². The van der Waals surface area contributed by atoms with Gasteiger partial charge in [0, 0.05) is 17.6 Å². The molecule has 2 unspecified atom stereocenters. The molecule has 5 nitrogen and oxygen atoms in total. The third-order valence-electron chi connectivity index (χ3n) is 5.00. The molecule has 2 heterocycles. The van der Waals surface area contributed by atoms with E-state index in [1.165, 1.54) is 0 Å². The monoisotopic (exact) mass is 285 g/mol. The fraction of sp³-hybridized carbons (Fsp3) is 0.438. The fourth-order valence-corrected chi connectivity index (χ4v) is 3.63. The maximum absolute atomic E-state index is 12.4. The molecule has 1 saturated carbocycles. The van der Waals surface area contributed by atoms with Crippen molar-refractivity contribution in [1.29, 1.82) is 0 Å². The van der Waals surface area contributed by atoms with E-state index in [1.807, 2.05) is 19.1 Å². The van der Waals surface area contributed by atoms with E-state index in [2.05, 4.69) is 10.6 Å². The number of rotatable bonds is 3. The van der Waals surface area contributed by atoms with Crippen molar-refractivity contribution in [3.05, 3.63) is 29.5 Å². The van der Waals surface area contributed by atoms with Gasteiger partial charge in [0.25, 0.3) is 5.91 Å². The summed E-state index contributed by atoms with van der Waals surface area (Å²) in [5.74, 6) is 2.07. The molecule has 1 aliphatic heterocycles. The molecule has 0 spiro atoms. The molecule has 2 aromatic rings. The summed E-state index contributed by atoms with van der Waals surface area (Å²) in [4.78, 5) is 12.4. The standard InChI is InChI=1S/C16H19N3O2/c1-8-4-10(15-9(14(8)17)2-3-21-15)16(20)19-7-13-11-5-18-6-12(11)13/h2-4,11-13,18H,5-7,17H2,1H3,(H,19,20). The summed E-state index contributed by atoms with van der Waals surface area (Å²) < 4.78 is 5.45. The molecule has 21 heavy (non-hydrogen) atoms. The van der Waals surface area contributed by atoms with Crippen LogP contribution in [0.3, 0.4) is 0 Å². The lowest BCUT2D eigenvalue weighted by molar-refractivity contribution is 0.0951. The first-order chi connectivity index (χ1) is 10.2. The van der Waals surface area contributed by atoms with Gasteiger partial charge in [-0.25, -0.2) is 0 Å². The molecule has 0 radical (unpaired) electrons. The number of anilines is 1. The van der Waals surface area contributed by atoms with Crippen molar-refractivity contribution in [3.63, 3.8) is 0 Å². The first-order valence-electron chi connectivity index (χ1n) is 7.42. The van der Waals surface area contributed by atoms with E-state index in [0.29, 0.717) is 22.8 Å². The highest BCUT2D eigenvalue weighted by Crippen LogP contribution is 2.48. The first kappa shape index (κ1) is 12.7. The maximum Gasteiger partial charge on any atom is 0.255 e. The number of carbonyl (C=O) groups excluding carboxylic acids is 1. The molecule has 4 rings (SSSR count). The molecule has 1 aromatic heterocycles. The Morgan fingerprint density at radius 1 is 1.48 bits per heavy atom. The summed E-state index contributed by atoms with van der Waals surface area (Å²) in [6.45, 7) is 4.85. The predicted molar refractivity (Wildman–Crippen MR) is 81.0 cm³/mol. The van der Waals surface area contributed by atoms with Crippen molar-refractivity contribution >= 4 is 22.6 Å². The second-order valence-corrected chi connectivity index (χ2v) is 6.18. The van der Waals surface area contributed by atoms with Gasteiger partial charge < -0.3 is 20.8 Å². The number of furan rings is 1. The van der Waals surface area contributed by atoms with Gasteiger partial charge in [-0.05, 0) is 55.5 Å². The molecular weight excluding hydrogens is 266 g/mol. The normalized spacial score (nSPS) is 26.8. The lowest BCUT2D eigenvalue weighted by atomic mass is 10.0. The first-order valence-corrected chi connectivity index (χ1v) is 7.42. The second-order valence-electron chi connectivity index (χ2n) is 6.18. The highest BCUT2D eigenvalue weighted by atomic mass is 16.3. The van der Waals surface area contributed by atoms with E-state index in [0.717, 1.165) is 42.4 Å². The summed E-state index contributed by atoms with van der Waals surface area (Å²) in [5.41, 5.74) is 8.76. The number of amides is 1. The number of hydrogen-bond donors (Lipinski definition) is 3. The van der Waals surface area contributed by atoms with E-state index in [9.17, 15) is 4.79 Å². The minimum atomic E-state index is -0.0732. The molecule has 110 valence electrons. The molecule has 4 N–H and O–H groups in total. The van der Waals surface area contributed by atoms with E-state index in [-0.39, 0.29) is 5.91 Å². The lowest BCUT2D eigenvalue weighted by Gasteiger charge is -2.10. The van der Waals surface area contributed by atoms with Crippen LogP contribution < -0.4 is 16.4 Å². The highest BCUT2D eigenvalue weighted by molar-refractivity contribution is 6.08. The van der Waals surface area contributed by atoms with Crippen molar-refractivity contribution in [2.45, 2.75) is 6.92 Å². The summed E-state index contributed by atoms with van der Waals surface area (Å²) in [7, 11) is 0. The topological polar surface area (TPSA) is 80.3 Å². The van der Waals surface area contributed by atoms with Crippen molar-refractivity contribution in [1.82, 2.24) is 10.6 Å². The summed E-state index contributed by atoms with van der Waals surface area (Å²) in [6, 6.07) is 3.62. The largest absolute Gasteiger partial charge is 0.463 e. The van der Waals surface area contributed by atoms with Gasteiger partial charge in [-0.15, -0.1) is 0 Å². The Hall–Kier alpha value is -2.01. The number of nitrogens with one attached hydrogen (secondary N) is 2. The van der Waals surface area contributed by atoms with Gasteiger partial charge in [-0.2, -0.15) is 0 Å². The zero-order valence-corrected chi connectivity index (χ0v) is 12.0. The molecule has 1 aliphatic carbocycles. The van der Waals surface area contributed by atoms with E-state index in [1.54, 1.807) is 6.26 Å². The average molecular weight is 285 g/mol. The number of hydrogen-bond acceptors (Lipinski definition) is 4. The molecule has 2 aliphatic rings. The Labute approximate surface area is 122 Å². The summed E-state index contributed by atoms with van der Waals surface area (Å²) in [6.07, 6.45) is 1.58. The third kappa shape index (κ3) is 1.92.